The molecule has 3 nitrogen and oxygen atoms in total. The lowest BCUT2D eigenvalue weighted by atomic mass is 10.1. The number of phenolic OH excluding ortho intramolecular Hbond substituents is 1. The highest BCUT2D eigenvalue weighted by atomic mass is 79.9. The Morgan fingerprint density at radius 1 is 1.45 bits per heavy atom. The van der Waals surface area contributed by atoms with Crippen molar-refractivity contribution in [2.75, 3.05) is 19.6 Å². The van der Waals surface area contributed by atoms with Crippen molar-refractivity contribution in [2.45, 2.75) is 45.2 Å². The lowest BCUT2D eigenvalue weighted by Crippen LogP contribution is -2.37. The molecule has 1 heterocycles. The fraction of sp³-hybridized carbons (Fsp3) is 0.625. The van der Waals surface area contributed by atoms with Crippen molar-refractivity contribution in [3.05, 3.63) is 28.2 Å². The van der Waals surface area contributed by atoms with E-state index in [1.54, 1.807) is 6.07 Å². The van der Waals surface area contributed by atoms with Crippen molar-refractivity contribution in [3.8, 4) is 5.75 Å². The van der Waals surface area contributed by atoms with Crippen molar-refractivity contribution < 1.29 is 5.11 Å². The Hall–Kier alpha value is -0.580. The van der Waals surface area contributed by atoms with Gasteiger partial charge in [0.1, 0.15) is 5.75 Å². The first-order chi connectivity index (χ1) is 9.69. The Morgan fingerprint density at radius 3 is 3.00 bits per heavy atom. The van der Waals surface area contributed by atoms with Gasteiger partial charge in [-0.1, -0.05) is 29.3 Å². The third-order valence-corrected chi connectivity index (χ3v) is 4.40. The van der Waals surface area contributed by atoms with Gasteiger partial charge in [0.25, 0.3) is 0 Å². The molecule has 0 aromatic heterocycles. The van der Waals surface area contributed by atoms with Gasteiger partial charge in [0, 0.05) is 29.2 Å². The number of phenols is 1. The maximum Gasteiger partial charge on any atom is 0.120 e. The Labute approximate surface area is 130 Å². The van der Waals surface area contributed by atoms with E-state index >= 15 is 0 Å². The molecule has 112 valence electrons. The van der Waals surface area contributed by atoms with E-state index in [1.807, 2.05) is 12.1 Å². The van der Waals surface area contributed by atoms with E-state index in [1.165, 1.54) is 25.7 Å². The highest BCUT2D eigenvalue weighted by molar-refractivity contribution is 9.10. The van der Waals surface area contributed by atoms with Crippen LogP contribution in [0, 0.1) is 0 Å². The summed E-state index contributed by atoms with van der Waals surface area (Å²) in [5.41, 5.74) is 1.01. The van der Waals surface area contributed by atoms with Crippen molar-refractivity contribution in [1.82, 2.24) is 10.2 Å². The SMILES string of the molecule is CCCCN(Cc1cc(Br)ccc1O)CC1CCCN1. The van der Waals surface area contributed by atoms with Crippen LogP contribution in [0.2, 0.25) is 0 Å². The molecule has 0 saturated carbocycles. The molecule has 0 bridgehead atoms. The van der Waals surface area contributed by atoms with Crippen molar-refractivity contribution in [3.63, 3.8) is 0 Å². The van der Waals surface area contributed by atoms with Gasteiger partial charge < -0.3 is 10.4 Å². The maximum absolute atomic E-state index is 10.0. The predicted octanol–water partition coefficient (Wildman–Crippen LogP) is 3.51. The Kier molecular flexibility index (Phi) is 6.33. The van der Waals surface area contributed by atoms with Gasteiger partial charge in [-0.25, -0.2) is 0 Å². The summed E-state index contributed by atoms with van der Waals surface area (Å²) < 4.78 is 1.03. The molecule has 1 atom stereocenters. The van der Waals surface area contributed by atoms with Crippen LogP contribution >= 0.6 is 15.9 Å². The molecule has 4 heteroatoms. The highest BCUT2D eigenvalue weighted by Crippen LogP contribution is 2.24. The number of unbranched alkanes of at least 4 members (excludes halogenated alkanes) is 1. The van der Waals surface area contributed by atoms with Gasteiger partial charge in [0.05, 0.1) is 0 Å². The molecule has 0 aliphatic carbocycles. The molecule has 2 rings (SSSR count). The number of nitrogens with zero attached hydrogens (tertiary/aromatic N) is 1. The third-order valence-electron chi connectivity index (χ3n) is 3.90. The van der Waals surface area contributed by atoms with Crippen LogP contribution in [0.5, 0.6) is 5.75 Å². The van der Waals surface area contributed by atoms with E-state index in [-0.39, 0.29) is 0 Å². The number of nitrogens with one attached hydrogen (secondary N) is 1. The van der Waals surface area contributed by atoms with E-state index in [0.717, 1.165) is 36.2 Å². The molecule has 0 radical (unpaired) electrons. The molecule has 1 aliphatic heterocycles. The number of benzene rings is 1. The standard InChI is InChI=1S/C16H25BrN2O/c1-2-3-9-19(12-15-5-4-8-18-15)11-13-10-14(17)6-7-16(13)20/h6-7,10,15,18,20H,2-5,8-9,11-12H2,1H3. The third kappa shape index (κ3) is 4.76. The van der Waals surface area contributed by atoms with Crippen molar-refractivity contribution in [1.29, 1.82) is 0 Å². The van der Waals surface area contributed by atoms with E-state index in [2.05, 4.69) is 33.1 Å². The van der Waals surface area contributed by atoms with Gasteiger partial charge >= 0.3 is 0 Å². The summed E-state index contributed by atoms with van der Waals surface area (Å²) >= 11 is 3.49. The van der Waals surface area contributed by atoms with Crippen LogP contribution in [-0.2, 0) is 6.54 Å². The average molecular weight is 341 g/mol. The first kappa shape index (κ1) is 15.8. The molecule has 0 amide bonds. The fourth-order valence-corrected chi connectivity index (χ4v) is 3.17. The fourth-order valence-electron chi connectivity index (χ4n) is 2.76. The van der Waals surface area contributed by atoms with Crippen LogP contribution in [0.4, 0.5) is 0 Å². The van der Waals surface area contributed by atoms with E-state index in [9.17, 15) is 5.11 Å². The molecular weight excluding hydrogens is 316 g/mol. The van der Waals surface area contributed by atoms with Gasteiger partial charge in [-0.2, -0.15) is 0 Å². The van der Waals surface area contributed by atoms with Crippen molar-refractivity contribution >= 4 is 15.9 Å². The molecule has 0 spiro atoms. The van der Waals surface area contributed by atoms with E-state index in [4.69, 9.17) is 0 Å². The molecule has 2 N–H and O–H groups in total. The quantitative estimate of drug-likeness (QED) is 0.797. The summed E-state index contributed by atoms with van der Waals surface area (Å²) in [6.07, 6.45) is 4.97. The normalized spacial score (nSPS) is 18.9. The van der Waals surface area contributed by atoms with E-state index in [0.29, 0.717) is 11.8 Å². The first-order valence-corrected chi connectivity index (χ1v) is 8.41. The number of hydrogen-bond donors (Lipinski definition) is 2. The lowest BCUT2D eigenvalue weighted by molar-refractivity contribution is 0.235. The van der Waals surface area contributed by atoms with Gasteiger partial charge in [-0.3, -0.25) is 4.90 Å². The van der Waals surface area contributed by atoms with Gasteiger partial charge in [0.15, 0.2) is 0 Å². The molecule has 20 heavy (non-hydrogen) atoms. The van der Waals surface area contributed by atoms with Crippen LogP contribution < -0.4 is 5.32 Å². The minimum Gasteiger partial charge on any atom is -0.508 e. The largest absolute Gasteiger partial charge is 0.508 e. The topological polar surface area (TPSA) is 35.5 Å². The molecule has 1 aliphatic rings. The van der Waals surface area contributed by atoms with Crippen LogP contribution in [0.15, 0.2) is 22.7 Å². The summed E-state index contributed by atoms with van der Waals surface area (Å²) in [4.78, 5) is 2.47. The number of halogens is 1. The van der Waals surface area contributed by atoms with Gasteiger partial charge in [-0.05, 0) is 50.6 Å². The summed E-state index contributed by atoms with van der Waals surface area (Å²) in [6.45, 7) is 6.37. The average Bonchev–Trinajstić information content (AvgIpc) is 2.93. The summed E-state index contributed by atoms with van der Waals surface area (Å²) in [5.74, 6) is 0.397. The van der Waals surface area contributed by atoms with Crippen LogP contribution in [0.3, 0.4) is 0 Å². The lowest BCUT2D eigenvalue weighted by Gasteiger charge is -2.26. The van der Waals surface area contributed by atoms with Crippen LogP contribution in [-0.4, -0.2) is 35.7 Å². The zero-order valence-corrected chi connectivity index (χ0v) is 13.8. The molecule has 1 saturated heterocycles. The van der Waals surface area contributed by atoms with E-state index < -0.39 is 0 Å². The smallest absolute Gasteiger partial charge is 0.120 e. The Bertz CT molecular complexity index is 419. The monoisotopic (exact) mass is 340 g/mol. The molecule has 1 aromatic rings. The minimum atomic E-state index is 0.397. The zero-order valence-electron chi connectivity index (χ0n) is 12.2. The second-order valence-corrected chi connectivity index (χ2v) is 6.57. The summed E-state index contributed by atoms with van der Waals surface area (Å²) in [5, 5.41) is 13.6. The van der Waals surface area contributed by atoms with Crippen LogP contribution in [0.1, 0.15) is 38.2 Å². The summed E-state index contributed by atoms with van der Waals surface area (Å²) in [6, 6.07) is 6.29. The number of aromatic hydroxyl groups is 1. The van der Waals surface area contributed by atoms with Gasteiger partial charge in [-0.15, -0.1) is 0 Å². The molecule has 1 fully saturated rings. The van der Waals surface area contributed by atoms with Crippen molar-refractivity contribution in [2.24, 2.45) is 0 Å². The molecule has 1 aromatic carbocycles. The first-order valence-electron chi connectivity index (χ1n) is 7.62. The highest BCUT2D eigenvalue weighted by Gasteiger charge is 2.18. The van der Waals surface area contributed by atoms with Crippen LogP contribution in [0.25, 0.3) is 0 Å². The van der Waals surface area contributed by atoms with Gasteiger partial charge in [0.2, 0.25) is 0 Å². The zero-order chi connectivity index (χ0) is 14.4. The predicted molar refractivity (Wildman–Crippen MR) is 87.0 cm³/mol. The number of hydrogen-bond acceptors (Lipinski definition) is 3. The molecular formula is C16H25BrN2O. The summed E-state index contributed by atoms with van der Waals surface area (Å²) in [7, 11) is 0. The maximum atomic E-state index is 10.0. The second-order valence-electron chi connectivity index (χ2n) is 5.65. The molecule has 1 unspecified atom stereocenters. The second kappa shape index (κ2) is 8.01. The Balaban J connectivity index is 1.99. The Morgan fingerprint density at radius 2 is 2.30 bits per heavy atom. The number of rotatable bonds is 7. The minimum absolute atomic E-state index is 0.397.